The van der Waals surface area contributed by atoms with Gasteiger partial charge in [-0.3, -0.25) is 0 Å². The molecule has 0 nitrogen and oxygen atoms in total. The van der Waals surface area contributed by atoms with Gasteiger partial charge in [-0.15, -0.1) is 11.7 Å². The van der Waals surface area contributed by atoms with Crippen LogP contribution in [-0.2, 0) is 18.6 Å². The van der Waals surface area contributed by atoms with Crippen LogP contribution in [0.2, 0.25) is 0 Å². The summed E-state index contributed by atoms with van der Waals surface area (Å²) in [5, 5.41) is 0. The Morgan fingerprint density at radius 2 is 1.47 bits per heavy atom. The van der Waals surface area contributed by atoms with Gasteiger partial charge >= 0.3 is 0 Å². The van der Waals surface area contributed by atoms with E-state index in [1.54, 1.807) is 21.9 Å². The lowest BCUT2D eigenvalue weighted by molar-refractivity contribution is 0.886. The van der Waals surface area contributed by atoms with E-state index in [4.69, 9.17) is 0 Å². The third-order valence-electron chi connectivity index (χ3n) is 3.80. The van der Waals surface area contributed by atoms with E-state index in [1.165, 1.54) is 35.1 Å². The van der Waals surface area contributed by atoms with Crippen LogP contribution in [-0.4, -0.2) is 0 Å². The molecule has 0 heterocycles. The van der Waals surface area contributed by atoms with Crippen molar-refractivity contribution in [2.75, 3.05) is 0 Å². The van der Waals surface area contributed by atoms with E-state index in [2.05, 4.69) is 46.3 Å². The molecule has 0 atom stereocenters. The summed E-state index contributed by atoms with van der Waals surface area (Å²) in [6.45, 7) is 11.4. The summed E-state index contributed by atoms with van der Waals surface area (Å²) in [7, 11) is 1.63. The van der Waals surface area contributed by atoms with Crippen molar-refractivity contribution in [3.8, 4) is 0 Å². The molecule has 0 aromatic heterocycles. The van der Waals surface area contributed by atoms with Crippen LogP contribution in [0.1, 0.15) is 53.6 Å². The Morgan fingerprint density at radius 3 is 1.94 bits per heavy atom. The van der Waals surface area contributed by atoms with E-state index in [0.29, 0.717) is 0 Å². The first-order valence-electron chi connectivity index (χ1n) is 6.45. The van der Waals surface area contributed by atoms with Gasteiger partial charge in [0.1, 0.15) is 0 Å². The standard InChI is InChI=1S/C15H24S2/c1-6-8-14-10(3)11(4)15(9-17-16)13(7-2)12(14)5/h16H,6-9H2,1-5H3. The normalized spacial score (nSPS) is 10.9. The molecule has 0 saturated heterocycles. The summed E-state index contributed by atoms with van der Waals surface area (Å²) in [5.74, 6) is 1.02. The van der Waals surface area contributed by atoms with E-state index in [9.17, 15) is 0 Å². The SMILES string of the molecule is CCCc1c(C)c(C)c(CSS)c(CC)c1C. The minimum absolute atomic E-state index is 1.02. The Balaban J connectivity index is 3.44. The maximum absolute atomic E-state index is 4.32. The third kappa shape index (κ3) is 3.03. The van der Waals surface area contributed by atoms with Crippen LogP contribution in [0.25, 0.3) is 0 Å². The minimum atomic E-state index is 1.02. The van der Waals surface area contributed by atoms with E-state index in [1.807, 2.05) is 0 Å². The number of benzene rings is 1. The first-order valence-corrected chi connectivity index (χ1v) is 8.48. The van der Waals surface area contributed by atoms with Gasteiger partial charge in [-0.25, -0.2) is 0 Å². The van der Waals surface area contributed by atoms with Crippen molar-refractivity contribution in [2.45, 2.75) is 59.6 Å². The summed E-state index contributed by atoms with van der Waals surface area (Å²) in [4.78, 5) is 0. The van der Waals surface area contributed by atoms with Gasteiger partial charge in [0.25, 0.3) is 0 Å². The van der Waals surface area contributed by atoms with Crippen LogP contribution in [0.15, 0.2) is 0 Å². The zero-order valence-corrected chi connectivity index (χ0v) is 13.4. The van der Waals surface area contributed by atoms with Gasteiger partial charge in [-0.2, -0.15) is 0 Å². The molecule has 0 radical (unpaired) electrons. The van der Waals surface area contributed by atoms with Gasteiger partial charge in [0, 0.05) is 5.75 Å². The summed E-state index contributed by atoms with van der Waals surface area (Å²) in [5.41, 5.74) is 9.15. The predicted octanol–water partition coefficient (Wildman–Crippen LogP) is 5.20. The van der Waals surface area contributed by atoms with Gasteiger partial charge < -0.3 is 0 Å². The largest absolute Gasteiger partial charge is 0.111 e. The lowest BCUT2D eigenvalue weighted by Crippen LogP contribution is -2.06. The highest BCUT2D eigenvalue weighted by molar-refractivity contribution is 8.68. The molecule has 0 amide bonds. The first-order chi connectivity index (χ1) is 8.08. The van der Waals surface area contributed by atoms with Gasteiger partial charge in [0.05, 0.1) is 0 Å². The van der Waals surface area contributed by atoms with Crippen molar-refractivity contribution >= 4 is 22.5 Å². The van der Waals surface area contributed by atoms with Crippen LogP contribution in [0.5, 0.6) is 0 Å². The van der Waals surface area contributed by atoms with Gasteiger partial charge in [-0.1, -0.05) is 31.1 Å². The molecular formula is C15H24S2. The third-order valence-corrected chi connectivity index (χ3v) is 4.60. The molecular weight excluding hydrogens is 244 g/mol. The summed E-state index contributed by atoms with van der Waals surface area (Å²) in [6.07, 6.45) is 3.57. The average Bonchev–Trinajstić information content (AvgIpc) is 2.32. The smallest absolute Gasteiger partial charge is 0.0291 e. The Labute approximate surface area is 115 Å². The zero-order valence-electron chi connectivity index (χ0n) is 11.7. The quantitative estimate of drug-likeness (QED) is 0.565. The summed E-state index contributed by atoms with van der Waals surface area (Å²) in [6, 6.07) is 0. The second-order valence-corrected chi connectivity index (χ2v) is 6.01. The van der Waals surface area contributed by atoms with Crippen molar-refractivity contribution in [3.05, 3.63) is 33.4 Å². The van der Waals surface area contributed by atoms with Crippen LogP contribution >= 0.6 is 22.5 Å². The van der Waals surface area contributed by atoms with Crippen molar-refractivity contribution in [3.63, 3.8) is 0 Å². The highest BCUT2D eigenvalue weighted by Crippen LogP contribution is 2.31. The fourth-order valence-electron chi connectivity index (χ4n) is 2.73. The average molecular weight is 268 g/mol. The van der Waals surface area contributed by atoms with E-state index in [-0.39, 0.29) is 0 Å². The Kier molecular flexibility index (Phi) is 5.94. The number of hydrogen-bond donors (Lipinski definition) is 1. The summed E-state index contributed by atoms with van der Waals surface area (Å²) < 4.78 is 0. The van der Waals surface area contributed by atoms with E-state index >= 15 is 0 Å². The molecule has 0 aliphatic carbocycles. The number of hydrogen-bond acceptors (Lipinski definition) is 2. The molecule has 0 spiro atoms. The van der Waals surface area contributed by atoms with Crippen molar-refractivity contribution in [1.29, 1.82) is 0 Å². The van der Waals surface area contributed by atoms with Gasteiger partial charge in [-0.05, 0) is 67.0 Å². The van der Waals surface area contributed by atoms with E-state index in [0.717, 1.165) is 12.2 Å². The van der Waals surface area contributed by atoms with Crippen LogP contribution < -0.4 is 0 Å². The number of thiol groups is 1. The Hall–Kier alpha value is -0.0800. The second kappa shape index (κ2) is 6.75. The molecule has 0 fully saturated rings. The maximum Gasteiger partial charge on any atom is 0.0291 e. The Morgan fingerprint density at radius 1 is 0.882 bits per heavy atom. The molecule has 0 bridgehead atoms. The molecule has 96 valence electrons. The molecule has 0 unspecified atom stereocenters. The van der Waals surface area contributed by atoms with Crippen LogP contribution in [0.3, 0.4) is 0 Å². The summed E-state index contributed by atoms with van der Waals surface area (Å²) >= 11 is 4.32. The zero-order chi connectivity index (χ0) is 13.0. The fourth-order valence-corrected chi connectivity index (χ4v) is 3.64. The highest BCUT2D eigenvalue weighted by Gasteiger charge is 2.15. The fraction of sp³-hybridized carbons (Fsp3) is 0.600. The highest BCUT2D eigenvalue weighted by atomic mass is 33.1. The minimum Gasteiger partial charge on any atom is -0.111 e. The molecule has 1 rings (SSSR count). The monoisotopic (exact) mass is 268 g/mol. The van der Waals surface area contributed by atoms with Gasteiger partial charge in [0.15, 0.2) is 0 Å². The molecule has 2 heteroatoms. The maximum atomic E-state index is 4.32. The molecule has 17 heavy (non-hydrogen) atoms. The van der Waals surface area contributed by atoms with Crippen LogP contribution in [0, 0.1) is 20.8 Å². The lowest BCUT2D eigenvalue weighted by Gasteiger charge is -2.21. The Bertz CT molecular complexity index is 395. The topological polar surface area (TPSA) is 0 Å². The van der Waals surface area contributed by atoms with E-state index < -0.39 is 0 Å². The molecule has 0 aliphatic heterocycles. The molecule has 0 saturated carbocycles. The number of rotatable bonds is 5. The van der Waals surface area contributed by atoms with Crippen LogP contribution in [0.4, 0.5) is 0 Å². The first kappa shape index (κ1) is 15.0. The van der Waals surface area contributed by atoms with Crippen molar-refractivity contribution < 1.29 is 0 Å². The van der Waals surface area contributed by atoms with Crippen molar-refractivity contribution in [2.24, 2.45) is 0 Å². The predicted molar refractivity (Wildman–Crippen MR) is 84.3 cm³/mol. The molecule has 1 aromatic rings. The molecule has 0 N–H and O–H groups in total. The molecule has 0 aliphatic rings. The lowest BCUT2D eigenvalue weighted by atomic mass is 9.86. The molecule has 1 aromatic carbocycles. The van der Waals surface area contributed by atoms with Gasteiger partial charge in [0.2, 0.25) is 0 Å². The second-order valence-electron chi connectivity index (χ2n) is 4.69. The van der Waals surface area contributed by atoms with Crippen molar-refractivity contribution in [1.82, 2.24) is 0 Å².